The number of nitro benzene ring substituents is 1. The third-order valence-corrected chi connectivity index (χ3v) is 3.96. The zero-order valence-corrected chi connectivity index (χ0v) is 13.3. The Kier molecular flexibility index (Phi) is 4.00. The maximum absolute atomic E-state index is 12.1. The van der Waals surface area contributed by atoms with Gasteiger partial charge in [0.05, 0.1) is 16.1 Å². The number of para-hydroxylation sites is 1. The maximum Gasteiger partial charge on any atom is 0.343 e. The highest BCUT2D eigenvalue weighted by Crippen LogP contribution is 2.30. The highest BCUT2D eigenvalue weighted by atomic mass is 16.6. The predicted molar refractivity (Wildman–Crippen MR) is 91.1 cm³/mol. The van der Waals surface area contributed by atoms with Crippen LogP contribution in [0.15, 0.2) is 54.1 Å². The van der Waals surface area contributed by atoms with Crippen molar-refractivity contribution in [1.29, 1.82) is 0 Å². The molecule has 0 saturated carbocycles. The van der Waals surface area contributed by atoms with Gasteiger partial charge < -0.3 is 4.74 Å². The van der Waals surface area contributed by atoms with Gasteiger partial charge in [-0.1, -0.05) is 24.3 Å². The van der Waals surface area contributed by atoms with Gasteiger partial charge in [0, 0.05) is 11.6 Å². The molecule has 3 rings (SSSR count). The number of ether oxygens (including phenoxy) is 1. The molecule has 0 N–H and O–H groups in total. The molecule has 0 unspecified atom stereocenters. The molecule has 1 aliphatic rings. The SMILES string of the molecule is Cc1ccc(C2=C/C(=C\c3ccccc3[N+](=O)[O-])C(=O)O2)cc1C. The summed E-state index contributed by atoms with van der Waals surface area (Å²) in [4.78, 5) is 22.7. The van der Waals surface area contributed by atoms with Crippen LogP contribution >= 0.6 is 0 Å². The topological polar surface area (TPSA) is 69.4 Å². The van der Waals surface area contributed by atoms with E-state index in [2.05, 4.69) is 0 Å². The first kappa shape index (κ1) is 15.7. The fraction of sp³-hybridized carbons (Fsp3) is 0.105. The van der Waals surface area contributed by atoms with Crippen LogP contribution in [0.2, 0.25) is 0 Å². The molecule has 5 heteroatoms. The van der Waals surface area contributed by atoms with Crippen LogP contribution in [0.4, 0.5) is 5.69 Å². The Morgan fingerprint density at radius 2 is 1.83 bits per heavy atom. The van der Waals surface area contributed by atoms with Crippen molar-refractivity contribution in [2.24, 2.45) is 0 Å². The standard InChI is InChI=1S/C19H15NO4/c1-12-7-8-15(9-13(12)2)18-11-16(19(21)24-18)10-14-5-3-4-6-17(14)20(22)23/h3-11H,1-2H3/b16-10+. The number of rotatable bonds is 3. The molecule has 2 aromatic rings. The molecular formula is C19H15NO4. The molecule has 0 aliphatic carbocycles. The van der Waals surface area contributed by atoms with Crippen molar-refractivity contribution in [3.05, 3.63) is 86.5 Å². The van der Waals surface area contributed by atoms with Crippen LogP contribution in [0.25, 0.3) is 11.8 Å². The molecule has 0 saturated heterocycles. The first-order chi connectivity index (χ1) is 11.5. The first-order valence-corrected chi connectivity index (χ1v) is 7.42. The number of aryl methyl sites for hydroxylation is 2. The van der Waals surface area contributed by atoms with Crippen LogP contribution in [0.3, 0.4) is 0 Å². The highest BCUT2D eigenvalue weighted by molar-refractivity contribution is 6.05. The van der Waals surface area contributed by atoms with E-state index in [1.165, 1.54) is 12.1 Å². The van der Waals surface area contributed by atoms with Crippen LogP contribution < -0.4 is 0 Å². The number of carbonyl (C=O) groups is 1. The molecular weight excluding hydrogens is 306 g/mol. The minimum absolute atomic E-state index is 0.0502. The van der Waals surface area contributed by atoms with E-state index in [-0.39, 0.29) is 11.3 Å². The van der Waals surface area contributed by atoms with Crippen LogP contribution in [0.1, 0.15) is 22.3 Å². The van der Waals surface area contributed by atoms with Gasteiger partial charge in [0.2, 0.25) is 0 Å². The summed E-state index contributed by atoms with van der Waals surface area (Å²) in [6.07, 6.45) is 3.09. The number of carbonyl (C=O) groups excluding carboxylic acids is 1. The zero-order valence-electron chi connectivity index (χ0n) is 13.3. The minimum atomic E-state index is -0.513. The summed E-state index contributed by atoms with van der Waals surface area (Å²) in [6, 6.07) is 12.1. The van der Waals surface area contributed by atoms with Crippen LogP contribution in [0, 0.1) is 24.0 Å². The Labute approximate surface area is 139 Å². The van der Waals surface area contributed by atoms with E-state index in [4.69, 9.17) is 4.74 Å². The summed E-state index contributed by atoms with van der Waals surface area (Å²) in [6.45, 7) is 3.99. The number of cyclic esters (lactones) is 1. The summed E-state index contributed by atoms with van der Waals surface area (Å²) >= 11 is 0. The largest absolute Gasteiger partial charge is 0.422 e. The third kappa shape index (κ3) is 2.96. The molecule has 0 spiro atoms. The molecule has 1 heterocycles. The fourth-order valence-corrected chi connectivity index (χ4v) is 2.47. The molecule has 0 radical (unpaired) electrons. The number of esters is 1. The van der Waals surface area contributed by atoms with Crippen LogP contribution in [0.5, 0.6) is 0 Å². The molecule has 0 atom stereocenters. The molecule has 5 nitrogen and oxygen atoms in total. The lowest BCUT2D eigenvalue weighted by atomic mass is 10.0. The van der Waals surface area contributed by atoms with Crippen molar-refractivity contribution < 1.29 is 14.5 Å². The second kappa shape index (κ2) is 6.12. The number of hydrogen-bond donors (Lipinski definition) is 0. The average Bonchev–Trinajstić information content (AvgIpc) is 2.91. The Morgan fingerprint density at radius 1 is 1.08 bits per heavy atom. The van der Waals surface area contributed by atoms with Gasteiger partial charge in [-0.2, -0.15) is 0 Å². The lowest BCUT2D eigenvalue weighted by Gasteiger charge is -2.05. The molecule has 0 aromatic heterocycles. The molecule has 0 fully saturated rings. The van der Waals surface area contributed by atoms with E-state index < -0.39 is 10.9 Å². The minimum Gasteiger partial charge on any atom is -0.422 e. The monoisotopic (exact) mass is 321 g/mol. The van der Waals surface area contributed by atoms with Crippen molar-refractivity contribution in [3.8, 4) is 0 Å². The number of nitrogens with zero attached hydrogens (tertiary/aromatic N) is 1. The van der Waals surface area contributed by atoms with Gasteiger partial charge in [-0.25, -0.2) is 4.79 Å². The summed E-state index contributed by atoms with van der Waals surface area (Å²) < 4.78 is 5.31. The van der Waals surface area contributed by atoms with Gasteiger partial charge >= 0.3 is 5.97 Å². The third-order valence-electron chi connectivity index (χ3n) is 3.96. The summed E-state index contributed by atoms with van der Waals surface area (Å²) in [5, 5.41) is 11.1. The van der Waals surface area contributed by atoms with Gasteiger partial charge in [0.15, 0.2) is 0 Å². The van der Waals surface area contributed by atoms with E-state index >= 15 is 0 Å². The van der Waals surface area contributed by atoms with Crippen molar-refractivity contribution in [2.75, 3.05) is 0 Å². The van der Waals surface area contributed by atoms with Gasteiger partial charge in [0.1, 0.15) is 5.76 Å². The van der Waals surface area contributed by atoms with Gasteiger partial charge in [-0.15, -0.1) is 0 Å². The van der Waals surface area contributed by atoms with Crippen molar-refractivity contribution in [2.45, 2.75) is 13.8 Å². The molecule has 24 heavy (non-hydrogen) atoms. The number of benzene rings is 2. The number of hydrogen-bond acceptors (Lipinski definition) is 4. The first-order valence-electron chi connectivity index (χ1n) is 7.42. The quantitative estimate of drug-likeness (QED) is 0.368. The second-order valence-electron chi connectivity index (χ2n) is 5.61. The Bertz CT molecular complexity index is 909. The van der Waals surface area contributed by atoms with Crippen LogP contribution in [-0.4, -0.2) is 10.9 Å². The van der Waals surface area contributed by atoms with Gasteiger partial charge in [0.25, 0.3) is 5.69 Å². The van der Waals surface area contributed by atoms with E-state index in [9.17, 15) is 14.9 Å². The molecule has 120 valence electrons. The van der Waals surface area contributed by atoms with Crippen molar-refractivity contribution in [3.63, 3.8) is 0 Å². The summed E-state index contributed by atoms with van der Waals surface area (Å²) in [5.74, 6) is -0.0608. The normalized spacial score (nSPS) is 15.3. The predicted octanol–water partition coefficient (Wildman–Crippen LogP) is 4.19. The van der Waals surface area contributed by atoms with Crippen LogP contribution in [-0.2, 0) is 9.53 Å². The highest BCUT2D eigenvalue weighted by Gasteiger charge is 2.23. The van der Waals surface area contributed by atoms with E-state index in [1.807, 2.05) is 32.0 Å². The lowest BCUT2D eigenvalue weighted by molar-refractivity contribution is -0.385. The molecule has 0 bridgehead atoms. The summed E-state index contributed by atoms with van der Waals surface area (Å²) in [7, 11) is 0. The molecule has 2 aromatic carbocycles. The fourth-order valence-electron chi connectivity index (χ4n) is 2.47. The summed E-state index contributed by atoms with van der Waals surface area (Å²) in [5.41, 5.74) is 3.66. The Balaban J connectivity index is 2.00. The maximum atomic E-state index is 12.1. The van der Waals surface area contributed by atoms with Crippen molar-refractivity contribution in [1.82, 2.24) is 0 Å². The van der Waals surface area contributed by atoms with E-state index in [1.54, 1.807) is 24.3 Å². The molecule has 1 aliphatic heterocycles. The lowest BCUT2D eigenvalue weighted by Crippen LogP contribution is -1.98. The average molecular weight is 321 g/mol. The van der Waals surface area contributed by atoms with E-state index in [0.717, 1.165) is 16.7 Å². The zero-order chi connectivity index (χ0) is 17.3. The van der Waals surface area contributed by atoms with Gasteiger partial charge in [-0.3, -0.25) is 10.1 Å². The smallest absolute Gasteiger partial charge is 0.343 e. The Morgan fingerprint density at radius 3 is 2.54 bits per heavy atom. The Hall–Kier alpha value is -3.21. The number of nitro groups is 1. The molecule has 0 amide bonds. The second-order valence-corrected chi connectivity index (χ2v) is 5.61. The van der Waals surface area contributed by atoms with Crippen molar-refractivity contribution >= 4 is 23.5 Å². The van der Waals surface area contributed by atoms with Gasteiger partial charge in [-0.05, 0) is 49.3 Å². The van der Waals surface area contributed by atoms with E-state index in [0.29, 0.717) is 11.3 Å².